The van der Waals surface area contributed by atoms with E-state index in [1.165, 1.54) is 11.8 Å². The Morgan fingerprint density at radius 2 is 2.19 bits per heavy atom. The number of rotatable bonds is 7. The number of aryl methyl sites for hydroxylation is 1. The summed E-state index contributed by atoms with van der Waals surface area (Å²) in [6.45, 7) is 3.93. The fourth-order valence-corrected chi connectivity index (χ4v) is 3.83. The number of nitrogens with one attached hydrogen (secondary N) is 2. The Balaban J connectivity index is 1.63. The van der Waals surface area contributed by atoms with Crippen molar-refractivity contribution >= 4 is 28.4 Å². The molecule has 6 heteroatoms. The number of anilines is 3. The number of ether oxygens (including phenoxy) is 1. The molecule has 0 aliphatic carbocycles. The molecule has 0 amide bonds. The molecular weight excluding hydrogens is 338 g/mol. The molecule has 0 spiro atoms. The molecule has 3 aromatic rings. The first kappa shape index (κ1) is 17.8. The van der Waals surface area contributed by atoms with E-state index in [0.717, 1.165) is 55.1 Å². The summed E-state index contributed by atoms with van der Waals surface area (Å²) in [6, 6.07) is 10.8. The Labute approximate surface area is 160 Å². The first-order valence-corrected chi connectivity index (χ1v) is 9.74. The highest BCUT2D eigenvalue weighted by molar-refractivity contribution is 5.83. The van der Waals surface area contributed by atoms with Gasteiger partial charge in [0.15, 0.2) is 0 Å². The minimum atomic E-state index is 0.392. The standard InChI is InChI=1S/C21H27N5O/c1-3-5-16-13-20(26-11-4-6-18(26)14-27-2)25-21(23-16)24-17-7-8-19-15(12-17)9-10-22-19/h7-10,12-13,18,22H,3-6,11,14H2,1-2H3,(H,23,24,25). The van der Waals surface area contributed by atoms with Crippen molar-refractivity contribution in [2.24, 2.45) is 0 Å². The lowest BCUT2D eigenvalue weighted by Crippen LogP contribution is -2.33. The van der Waals surface area contributed by atoms with Gasteiger partial charge in [0, 0.05) is 48.2 Å². The molecule has 4 rings (SSSR count). The van der Waals surface area contributed by atoms with Crippen LogP contribution in [0.2, 0.25) is 0 Å². The predicted octanol–water partition coefficient (Wildman–Crippen LogP) is 4.27. The maximum Gasteiger partial charge on any atom is 0.229 e. The minimum Gasteiger partial charge on any atom is -0.383 e. The van der Waals surface area contributed by atoms with Crippen molar-refractivity contribution in [1.82, 2.24) is 15.0 Å². The fraction of sp³-hybridized carbons (Fsp3) is 0.429. The van der Waals surface area contributed by atoms with Gasteiger partial charge < -0.3 is 19.9 Å². The second-order valence-corrected chi connectivity index (χ2v) is 7.14. The van der Waals surface area contributed by atoms with E-state index >= 15 is 0 Å². The molecule has 0 radical (unpaired) electrons. The number of aromatic amines is 1. The maximum absolute atomic E-state index is 5.41. The van der Waals surface area contributed by atoms with Gasteiger partial charge in [-0.15, -0.1) is 0 Å². The summed E-state index contributed by atoms with van der Waals surface area (Å²) in [5.41, 5.74) is 3.20. The summed E-state index contributed by atoms with van der Waals surface area (Å²) in [5, 5.41) is 4.57. The summed E-state index contributed by atoms with van der Waals surface area (Å²) in [7, 11) is 1.77. The van der Waals surface area contributed by atoms with E-state index in [0.29, 0.717) is 12.0 Å². The summed E-state index contributed by atoms with van der Waals surface area (Å²) in [6.07, 6.45) is 6.28. The van der Waals surface area contributed by atoms with Crippen molar-refractivity contribution in [2.75, 3.05) is 30.5 Å². The summed E-state index contributed by atoms with van der Waals surface area (Å²) < 4.78 is 5.41. The monoisotopic (exact) mass is 365 g/mol. The molecule has 2 N–H and O–H groups in total. The Kier molecular flexibility index (Phi) is 5.25. The number of benzene rings is 1. The van der Waals surface area contributed by atoms with E-state index in [4.69, 9.17) is 14.7 Å². The Bertz CT molecular complexity index is 906. The molecule has 2 aromatic heterocycles. The Morgan fingerprint density at radius 3 is 3.04 bits per heavy atom. The molecule has 27 heavy (non-hydrogen) atoms. The van der Waals surface area contributed by atoms with Crippen molar-refractivity contribution in [3.05, 3.63) is 42.2 Å². The van der Waals surface area contributed by atoms with Crippen molar-refractivity contribution in [3.63, 3.8) is 0 Å². The Morgan fingerprint density at radius 1 is 1.26 bits per heavy atom. The zero-order valence-corrected chi connectivity index (χ0v) is 16.0. The average Bonchev–Trinajstić information content (AvgIpc) is 3.31. The molecule has 6 nitrogen and oxygen atoms in total. The lowest BCUT2D eigenvalue weighted by molar-refractivity contribution is 0.180. The van der Waals surface area contributed by atoms with Gasteiger partial charge in [-0.2, -0.15) is 4.98 Å². The molecule has 3 heterocycles. The predicted molar refractivity (Wildman–Crippen MR) is 110 cm³/mol. The van der Waals surface area contributed by atoms with E-state index in [2.05, 4.69) is 52.5 Å². The van der Waals surface area contributed by atoms with Gasteiger partial charge in [0.1, 0.15) is 5.82 Å². The summed E-state index contributed by atoms with van der Waals surface area (Å²) in [5.74, 6) is 1.66. The zero-order chi connectivity index (χ0) is 18.6. The molecule has 0 saturated carbocycles. The largest absolute Gasteiger partial charge is 0.383 e. The van der Waals surface area contributed by atoms with E-state index in [9.17, 15) is 0 Å². The lowest BCUT2D eigenvalue weighted by atomic mass is 10.2. The third-order valence-corrected chi connectivity index (χ3v) is 5.11. The Hall–Kier alpha value is -2.60. The van der Waals surface area contributed by atoms with Crippen LogP contribution in [-0.4, -0.2) is 41.3 Å². The number of fused-ring (bicyclic) bond motifs is 1. The second-order valence-electron chi connectivity index (χ2n) is 7.14. The molecule has 142 valence electrons. The molecule has 1 saturated heterocycles. The number of H-pyrrole nitrogens is 1. The number of nitrogens with zero attached hydrogens (tertiary/aromatic N) is 3. The van der Waals surface area contributed by atoms with Crippen LogP contribution in [0.3, 0.4) is 0 Å². The van der Waals surface area contributed by atoms with Gasteiger partial charge in [-0.25, -0.2) is 4.98 Å². The minimum absolute atomic E-state index is 0.392. The SMILES string of the molecule is CCCc1cc(N2CCCC2COC)nc(Nc2ccc3[nH]ccc3c2)n1. The van der Waals surface area contributed by atoms with Crippen LogP contribution in [0.15, 0.2) is 36.5 Å². The van der Waals surface area contributed by atoms with Crippen molar-refractivity contribution in [3.8, 4) is 0 Å². The normalized spacial score (nSPS) is 17.0. The van der Waals surface area contributed by atoms with E-state index < -0.39 is 0 Å². The fourth-order valence-electron chi connectivity index (χ4n) is 3.83. The average molecular weight is 365 g/mol. The third-order valence-electron chi connectivity index (χ3n) is 5.11. The molecule has 0 bridgehead atoms. The van der Waals surface area contributed by atoms with Gasteiger partial charge in [-0.05, 0) is 43.5 Å². The van der Waals surface area contributed by atoms with Crippen LogP contribution >= 0.6 is 0 Å². The van der Waals surface area contributed by atoms with Gasteiger partial charge in [0.2, 0.25) is 5.95 Å². The van der Waals surface area contributed by atoms with E-state index in [1.807, 2.05) is 6.20 Å². The topological polar surface area (TPSA) is 66.1 Å². The summed E-state index contributed by atoms with van der Waals surface area (Å²) in [4.78, 5) is 15.2. The second kappa shape index (κ2) is 7.96. The van der Waals surface area contributed by atoms with Gasteiger partial charge in [0.05, 0.1) is 12.6 Å². The molecule has 1 fully saturated rings. The molecule has 1 aliphatic rings. The molecule has 1 aliphatic heterocycles. The summed E-state index contributed by atoms with van der Waals surface area (Å²) >= 11 is 0. The highest BCUT2D eigenvalue weighted by atomic mass is 16.5. The van der Waals surface area contributed by atoms with E-state index in [1.54, 1.807) is 7.11 Å². The van der Waals surface area contributed by atoms with Gasteiger partial charge in [-0.1, -0.05) is 13.3 Å². The number of hydrogen-bond acceptors (Lipinski definition) is 5. The molecule has 1 atom stereocenters. The first-order valence-electron chi connectivity index (χ1n) is 9.74. The van der Waals surface area contributed by atoms with Crippen LogP contribution in [0.25, 0.3) is 10.9 Å². The van der Waals surface area contributed by atoms with Crippen molar-refractivity contribution in [1.29, 1.82) is 0 Å². The van der Waals surface area contributed by atoms with Gasteiger partial charge >= 0.3 is 0 Å². The molecule has 1 aromatic carbocycles. The van der Waals surface area contributed by atoms with Crippen LogP contribution in [0, 0.1) is 0 Å². The van der Waals surface area contributed by atoms with Gasteiger partial charge in [0.25, 0.3) is 0 Å². The van der Waals surface area contributed by atoms with Crippen molar-refractivity contribution in [2.45, 2.75) is 38.6 Å². The van der Waals surface area contributed by atoms with Crippen LogP contribution in [-0.2, 0) is 11.2 Å². The van der Waals surface area contributed by atoms with Crippen LogP contribution in [0.4, 0.5) is 17.5 Å². The maximum atomic E-state index is 5.41. The third kappa shape index (κ3) is 3.90. The van der Waals surface area contributed by atoms with Crippen LogP contribution in [0.1, 0.15) is 31.9 Å². The van der Waals surface area contributed by atoms with Crippen LogP contribution in [0.5, 0.6) is 0 Å². The molecule has 1 unspecified atom stereocenters. The number of methoxy groups -OCH3 is 1. The lowest BCUT2D eigenvalue weighted by Gasteiger charge is -2.26. The quantitative estimate of drug-likeness (QED) is 0.654. The highest BCUT2D eigenvalue weighted by Crippen LogP contribution is 2.27. The number of hydrogen-bond donors (Lipinski definition) is 2. The van der Waals surface area contributed by atoms with Crippen LogP contribution < -0.4 is 10.2 Å². The van der Waals surface area contributed by atoms with Crippen molar-refractivity contribution < 1.29 is 4.74 Å². The first-order chi connectivity index (χ1) is 13.3. The molecular formula is C21H27N5O. The van der Waals surface area contributed by atoms with E-state index in [-0.39, 0.29) is 0 Å². The number of aromatic nitrogens is 3. The highest BCUT2D eigenvalue weighted by Gasteiger charge is 2.26. The smallest absolute Gasteiger partial charge is 0.229 e. The zero-order valence-electron chi connectivity index (χ0n) is 16.0. The van der Waals surface area contributed by atoms with Gasteiger partial charge in [-0.3, -0.25) is 0 Å².